The molecule has 5 heteroatoms. The number of carboxylic acid groups (broad SMARTS) is 1. The number of carboxylic acids is 1. The quantitative estimate of drug-likeness (QED) is 0.604. The Balaban J connectivity index is 4.48. The number of hydrogen-bond acceptors (Lipinski definition) is 3. The Bertz CT molecular complexity index is 314. The van der Waals surface area contributed by atoms with E-state index in [1.54, 1.807) is 0 Å². The molecule has 3 N–H and O–H groups in total. The van der Waals surface area contributed by atoms with Gasteiger partial charge in [-0.2, -0.15) is 0 Å². The van der Waals surface area contributed by atoms with E-state index in [1.807, 2.05) is 41.5 Å². The summed E-state index contributed by atoms with van der Waals surface area (Å²) < 4.78 is 0. The number of carbonyl (C=O) groups excluding carboxylic acids is 1. The van der Waals surface area contributed by atoms with Crippen molar-refractivity contribution in [2.45, 2.75) is 60.0 Å². The summed E-state index contributed by atoms with van der Waals surface area (Å²) in [4.78, 5) is 23.0. The minimum atomic E-state index is -0.851. The van der Waals surface area contributed by atoms with E-state index in [-0.39, 0.29) is 23.8 Å². The summed E-state index contributed by atoms with van der Waals surface area (Å²) in [5.74, 6) is -0.252. The zero-order valence-electron chi connectivity index (χ0n) is 13.6. The van der Waals surface area contributed by atoms with Gasteiger partial charge >= 0.3 is 5.97 Å². The first-order chi connectivity index (χ1) is 9.15. The molecule has 0 saturated carbocycles. The monoisotopic (exact) mass is 286 g/mol. The van der Waals surface area contributed by atoms with Crippen LogP contribution < -0.4 is 10.6 Å². The van der Waals surface area contributed by atoms with E-state index >= 15 is 0 Å². The number of hydrogen-bond donors (Lipinski definition) is 3. The van der Waals surface area contributed by atoms with Crippen molar-refractivity contribution < 1.29 is 14.7 Å². The molecule has 1 amide bonds. The molecule has 0 aromatic rings. The van der Waals surface area contributed by atoms with Crippen molar-refractivity contribution in [3.05, 3.63) is 0 Å². The van der Waals surface area contributed by atoms with Crippen LogP contribution in [-0.4, -0.2) is 35.6 Å². The van der Waals surface area contributed by atoms with Gasteiger partial charge in [0.1, 0.15) is 6.04 Å². The maximum atomic E-state index is 11.8. The third-order valence-electron chi connectivity index (χ3n) is 3.24. The summed E-state index contributed by atoms with van der Waals surface area (Å²) in [5.41, 5.74) is 0. The first-order valence-corrected chi connectivity index (χ1v) is 7.40. The van der Waals surface area contributed by atoms with Crippen LogP contribution in [0.4, 0.5) is 0 Å². The first-order valence-electron chi connectivity index (χ1n) is 7.40. The van der Waals surface area contributed by atoms with Crippen LogP contribution in [0, 0.1) is 17.8 Å². The molecule has 0 aromatic carbocycles. The Morgan fingerprint density at radius 1 is 1.00 bits per heavy atom. The fourth-order valence-electron chi connectivity index (χ4n) is 1.95. The lowest BCUT2D eigenvalue weighted by Crippen LogP contribution is -2.51. The average molecular weight is 286 g/mol. The Morgan fingerprint density at radius 3 is 1.90 bits per heavy atom. The van der Waals surface area contributed by atoms with Crippen LogP contribution in [0.1, 0.15) is 48.0 Å². The van der Waals surface area contributed by atoms with Crippen molar-refractivity contribution >= 4 is 11.9 Å². The molecule has 0 aliphatic carbocycles. The molecule has 0 aromatic heterocycles. The molecule has 0 rings (SSSR count). The van der Waals surface area contributed by atoms with E-state index in [4.69, 9.17) is 5.11 Å². The van der Waals surface area contributed by atoms with Crippen molar-refractivity contribution in [3.8, 4) is 0 Å². The van der Waals surface area contributed by atoms with Gasteiger partial charge in [-0.3, -0.25) is 9.59 Å². The molecule has 0 aliphatic rings. The molecule has 5 nitrogen and oxygen atoms in total. The van der Waals surface area contributed by atoms with Crippen LogP contribution in [0.25, 0.3) is 0 Å². The summed E-state index contributed by atoms with van der Waals surface area (Å²) in [6, 6.07) is -0.639. The average Bonchev–Trinajstić information content (AvgIpc) is 2.25. The Morgan fingerprint density at radius 2 is 1.55 bits per heavy atom. The van der Waals surface area contributed by atoms with Crippen LogP contribution in [0.5, 0.6) is 0 Å². The lowest BCUT2D eigenvalue weighted by Gasteiger charge is -2.26. The topological polar surface area (TPSA) is 78.4 Å². The molecule has 20 heavy (non-hydrogen) atoms. The molecule has 0 unspecified atom stereocenters. The number of aliphatic carboxylic acids is 1. The highest BCUT2D eigenvalue weighted by molar-refractivity contribution is 5.76. The second-order valence-electron chi connectivity index (χ2n) is 6.48. The van der Waals surface area contributed by atoms with E-state index in [0.29, 0.717) is 18.9 Å². The Kier molecular flexibility index (Phi) is 8.46. The summed E-state index contributed by atoms with van der Waals surface area (Å²) >= 11 is 0. The Hall–Kier alpha value is -1.10. The van der Waals surface area contributed by atoms with Gasteiger partial charge in [0.25, 0.3) is 0 Å². The molecule has 2 atom stereocenters. The van der Waals surface area contributed by atoms with Crippen molar-refractivity contribution in [3.63, 3.8) is 0 Å². The van der Waals surface area contributed by atoms with Gasteiger partial charge in [-0.1, -0.05) is 41.5 Å². The second-order valence-corrected chi connectivity index (χ2v) is 6.48. The predicted octanol–water partition coefficient (Wildman–Crippen LogP) is 1.87. The van der Waals surface area contributed by atoms with E-state index < -0.39 is 12.0 Å². The number of nitrogens with one attached hydrogen (secondary N) is 2. The smallest absolute Gasteiger partial charge is 0.320 e. The third kappa shape index (κ3) is 7.48. The van der Waals surface area contributed by atoms with Gasteiger partial charge in [0.05, 0.1) is 0 Å². The highest BCUT2D eigenvalue weighted by Gasteiger charge is 2.24. The van der Waals surface area contributed by atoms with Crippen LogP contribution in [-0.2, 0) is 9.59 Å². The van der Waals surface area contributed by atoms with Crippen molar-refractivity contribution in [2.75, 3.05) is 6.54 Å². The van der Waals surface area contributed by atoms with Gasteiger partial charge in [0.15, 0.2) is 0 Å². The first kappa shape index (κ1) is 18.9. The molecule has 0 heterocycles. The highest BCUT2D eigenvalue weighted by Crippen LogP contribution is 2.06. The van der Waals surface area contributed by atoms with Gasteiger partial charge in [0.2, 0.25) is 5.91 Å². The third-order valence-corrected chi connectivity index (χ3v) is 3.24. The van der Waals surface area contributed by atoms with E-state index in [2.05, 4.69) is 10.6 Å². The van der Waals surface area contributed by atoms with Gasteiger partial charge < -0.3 is 15.7 Å². The van der Waals surface area contributed by atoms with Crippen molar-refractivity contribution in [1.29, 1.82) is 0 Å². The lowest BCUT2D eigenvalue weighted by molar-refractivity contribution is -0.140. The van der Waals surface area contributed by atoms with Gasteiger partial charge in [0, 0.05) is 19.0 Å². The number of rotatable bonds is 9. The maximum absolute atomic E-state index is 11.8. The zero-order valence-corrected chi connectivity index (χ0v) is 13.6. The van der Waals surface area contributed by atoms with Crippen LogP contribution in [0.3, 0.4) is 0 Å². The fraction of sp³-hybridized carbons (Fsp3) is 0.867. The molecule has 0 saturated heterocycles. The lowest BCUT2D eigenvalue weighted by atomic mass is 10.0. The van der Waals surface area contributed by atoms with Crippen LogP contribution >= 0.6 is 0 Å². The molecule has 0 fully saturated rings. The standard InChI is InChI=1S/C15H30N2O3/c1-9(2)7-13(18)17-12(10(3)4)8-16-14(11(5)6)15(19)20/h9-12,14,16H,7-8H2,1-6H3,(H,17,18)(H,19,20)/t12-,14+/m1/s1. The van der Waals surface area contributed by atoms with E-state index in [0.717, 1.165) is 0 Å². The summed E-state index contributed by atoms with van der Waals surface area (Å²) in [7, 11) is 0. The minimum absolute atomic E-state index is 0.00618. The summed E-state index contributed by atoms with van der Waals surface area (Å²) in [6.07, 6.45) is 0.496. The zero-order chi connectivity index (χ0) is 15.9. The maximum Gasteiger partial charge on any atom is 0.320 e. The SMILES string of the molecule is CC(C)CC(=O)N[C@H](CN[C@H](C(=O)O)C(C)C)C(C)C. The van der Waals surface area contributed by atoms with Gasteiger partial charge in [-0.05, 0) is 17.8 Å². The van der Waals surface area contributed by atoms with Crippen molar-refractivity contribution in [2.24, 2.45) is 17.8 Å². The van der Waals surface area contributed by atoms with E-state index in [1.165, 1.54) is 0 Å². The molecular weight excluding hydrogens is 256 g/mol. The summed E-state index contributed by atoms with van der Waals surface area (Å²) in [5, 5.41) is 15.2. The predicted molar refractivity (Wildman–Crippen MR) is 80.5 cm³/mol. The highest BCUT2D eigenvalue weighted by atomic mass is 16.4. The molecule has 118 valence electrons. The van der Waals surface area contributed by atoms with Gasteiger partial charge in [-0.15, -0.1) is 0 Å². The fourth-order valence-corrected chi connectivity index (χ4v) is 1.95. The van der Waals surface area contributed by atoms with Crippen molar-refractivity contribution in [1.82, 2.24) is 10.6 Å². The van der Waals surface area contributed by atoms with Crippen LogP contribution in [0.2, 0.25) is 0 Å². The number of carbonyl (C=O) groups is 2. The summed E-state index contributed by atoms with van der Waals surface area (Å²) in [6.45, 7) is 12.3. The normalized spacial score (nSPS) is 14.7. The molecule has 0 bridgehead atoms. The minimum Gasteiger partial charge on any atom is -0.480 e. The largest absolute Gasteiger partial charge is 0.480 e. The Labute approximate surface area is 122 Å². The molecular formula is C15H30N2O3. The molecule has 0 spiro atoms. The second kappa shape index (κ2) is 8.95. The molecule has 0 radical (unpaired) electrons. The molecule has 0 aliphatic heterocycles. The van der Waals surface area contributed by atoms with Crippen LogP contribution in [0.15, 0.2) is 0 Å². The van der Waals surface area contributed by atoms with E-state index in [9.17, 15) is 9.59 Å². The number of amides is 1. The van der Waals surface area contributed by atoms with Gasteiger partial charge in [-0.25, -0.2) is 0 Å².